The average molecular weight is 450 g/mol. The van der Waals surface area contributed by atoms with Crippen molar-refractivity contribution in [2.45, 2.75) is 38.5 Å². The maximum Gasteiger partial charge on any atom is 0.243 e. The van der Waals surface area contributed by atoms with E-state index in [0.717, 1.165) is 16.7 Å². The van der Waals surface area contributed by atoms with Crippen LogP contribution in [-0.4, -0.2) is 57.8 Å². The van der Waals surface area contributed by atoms with E-state index in [4.69, 9.17) is 9.26 Å². The van der Waals surface area contributed by atoms with Crippen molar-refractivity contribution in [2.75, 3.05) is 13.7 Å². The predicted molar refractivity (Wildman–Crippen MR) is 119 cm³/mol. The minimum absolute atomic E-state index is 0.000973. The van der Waals surface area contributed by atoms with E-state index in [1.165, 1.54) is 4.90 Å². The molecule has 1 aliphatic rings. The van der Waals surface area contributed by atoms with Crippen LogP contribution in [0.5, 0.6) is 5.88 Å². The molecule has 2 N–H and O–H groups in total. The first-order valence-corrected chi connectivity index (χ1v) is 10.7. The number of hydrogen-bond acceptors (Lipinski definition) is 7. The standard InChI is InChI=1S/C24H26N4O5/c1-15-9-20(33-27-15)11-23(30)28-14-19(29)10-21(28)24(31)26-12-16-3-5-17(6-4-16)18-7-8-22(32-2)25-13-18/h3-9,13,19,21,29H,10-12,14H2,1-2H3,(H,26,31)/t19-,21+/m1/s1. The number of amides is 2. The molecule has 2 atom stereocenters. The molecule has 1 aliphatic heterocycles. The van der Waals surface area contributed by atoms with Gasteiger partial charge in [0.2, 0.25) is 17.7 Å². The molecule has 0 bridgehead atoms. The van der Waals surface area contributed by atoms with E-state index in [0.29, 0.717) is 23.9 Å². The number of ether oxygens (including phenoxy) is 1. The summed E-state index contributed by atoms with van der Waals surface area (Å²) in [4.78, 5) is 31.1. The first-order chi connectivity index (χ1) is 15.9. The summed E-state index contributed by atoms with van der Waals surface area (Å²) >= 11 is 0. The van der Waals surface area contributed by atoms with Gasteiger partial charge in [0.05, 0.1) is 25.3 Å². The fourth-order valence-electron chi connectivity index (χ4n) is 3.88. The van der Waals surface area contributed by atoms with Gasteiger partial charge in [0, 0.05) is 43.4 Å². The number of carbonyl (C=O) groups excluding carboxylic acids is 2. The van der Waals surface area contributed by atoms with Gasteiger partial charge in [-0.1, -0.05) is 29.4 Å². The van der Waals surface area contributed by atoms with Crippen molar-refractivity contribution < 1.29 is 24.0 Å². The molecule has 3 heterocycles. The summed E-state index contributed by atoms with van der Waals surface area (Å²) in [5.41, 5.74) is 3.56. The zero-order chi connectivity index (χ0) is 23.4. The molecule has 172 valence electrons. The van der Waals surface area contributed by atoms with Gasteiger partial charge in [0.1, 0.15) is 11.8 Å². The molecule has 33 heavy (non-hydrogen) atoms. The third-order valence-electron chi connectivity index (χ3n) is 5.60. The Hall–Kier alpha value is -3.72. The fraction of sp³-hybridized carbons (Fsp3) is 0.333. The molecule has 9 heteroatoms. The molecule has 0 spiro atoms. The molecule has 1 aromatic carbocycles. The SMILES string of the molecule is COc1ccc(-c2ccc(CNC(=O)[C@@H]3C[C@@H](O)CN3C(=O)Cc3cc(C)no3)cc2)cn1. The van der Waals surface area contributed by atoms with Crippen molar-refractivity contribution in [2.24, 2.45) is 0 Å². The lowest BCUT2D eigenvalue weighted by Crippen LogP contribution is -2.46. The van der Waals surface area contributed by atoms with Gasteiger partial charge in [-0.15, -0.1) is 0 Å². The number of pyridine rings is 1. The summed E-state index contributed by atoms with van der Waals surface area (Å²) in [6.45, 7) is 2.21. The van der Waals surface area contributed by atoms with Crippen LogP contribution in [0.3, 0.4) is 0 Å². The number of methoxy groups -OCH3 is 1. The summed E-state index contributed by atoms with van der Waals surface area (Å²) in [5.74, 6) is 0.418. The van der Waals surface area contributed by atoms with E-state index in [9.17, 15) is 14.7 Å². The minimum Gasteiger partial charge on any atom is -0.481 e. The van der Waals surface area contributed by atoms with Gasteiger partial charge in [-0.25, -0.2) is 4.98 Å². The molecule has 1 fully saturated rings. The fourth-order valence-corrected chi connectivity index (χ4v) is 3.88. The average Bonchev–Trinajstić information content (AvgIpc) is 3.43. The topological polar surface area (TPSA) is 118 Å². The van der Waals surface area contributed by atoms with Crippen LogP contribution in [0.1, 0.15) is 23.4 Å². The third-order valence-corrected chi connectivity index (χ3v) is 5.60. The number of likely N-dealkylation sites (tertiary alicyclic amines) is 1. The van der Waals surface area contributed by atoms with Gasteiger partial charge < -0.3 is 24.6 Å². The summed E-state index contributed by atoms with van der Waals surface area (Å²) in [7, 11) is 1.57. The molecule has 2 amide bonds. The Bertz CT molecular complexity index is 1110. The normalized spacial score (nSPS) is 17.7. The molecule has 3 aromatic rings. The Morgan fingerprint density at radius 3 is 2.61 bits per heavy atom. The highest BCUT2D eigenvalue weighted by molar-refractivity contribution is 5.89. The van der Waals surface area contributed by atoms with E-state index in [-0.39, 0.29) is 31.2 Å². The van der Waals surface area contributed by atoms with Gasteiger partial charge in [-0.05, 0) is 24.1 Å². The molecular formula is C24H26N4O5. The maximum absolute atomic E-state index is 12.8. The Morgan fingerprint density at radius 2 is 1.97 bits per heavy atom. The molecular weight excluding hydrogens is 424 g/mol. The number of aliphatic hydroxyl groups is 1. The summed E-state index contributed by atoms with van der Waals surface area (Å²) in [6, 6.07) is 12.5. The van der Waals surface area contributed by atoms with E-state index in [1.807, 2.05) is 30.3 Å². The van der Waals surface area contributed by atoms with Crippen LogP contribution in [0.4, 0.5) is 0 Å². The van der Waals surface area contributed by atoms with E-state index < -0.39 is 12.1 Å². The number of aryl methyl sites for hydroxylation is 1. The Morgan fingerprint density at radius 1 is 1.21 bits per heavy atom. The van der Waals surface area contributed by atoms with Crippen molar-refractivity contribution in [3.63, 3.8) is 0 Å². The van der Waals surface area contributed by atoms with Gasteiger partial charge in [0.25, 0.3) is 0 Å². The van der Waals surface area contributed by atoms with Crippen LogP contribution >= 0.6 is 0 Å². The molecule has 4 rings (SSSR count). The van der Waals surface area contributed by atoms with Gasteiger partial charge in [-0.3, -0.25) is 9.59 Å². The number of aliphatic hydroxyl groups excluding tert-OH is 1. The summed E-state index contributed by atoms with van der Waals surface area (Å²) in [5, 5.41) is 16.7. The number of rotatable bonds is 7. The summed E-state index contributed by atoms with van der Waals surface area (Å²) in [6.07, 6.45) is 1.21. The van der Waals surface area contributed by atoms with E-state index in [2.05, 4.69) is 15.5 Å². The number of aromatic nitrogens is 2. The zero-order valence-electron chi connectivity index (χ0n) is 18.5. The van der Waals surface area contributed by atoms with Gasteiger partial charge in [-0.2, -0.15) is 0 Å². The van der Waals surface area contributed by atoms with Crippen molar-refractivity contribution >= 4 is 11.8 Å². The number of nitrogens with zero attached hydrogens (tertiary/aromatic N) is 3. The number of nitrogens with one attached hydrogen (secondary N) is 1. The second kappa shape index (κ2) is 9.83. The minimum atomic E-state index is -0.737. The van der Waals surface area contributed by atoms with Crippen LogP contribution in [0.25, 0.3) is 11.1 Å². The first-order valence-electron chi connectivity index (χ1n) is 10.7. The highest BCUT2D eigenvalue weighted by atomic mass is 16.5. The van der Waals surface area contributed by atoms with Crippen molar-refractivity contribution in [3.8, 4) is 17.0 Å². The van der Waals surface area contributed by atoms with E-state index >= 15 is 0 Å². The molecule has 0 saturated carbocycles. The molecule has 0 aliphatic carbocycles. The number of benzene rings is 1. The van der Waals surface area contributed by atoms with Gasteiger partial charge in [0.15, 0.2) is 0 Å². The van der Waals surface area contributed by atoms with Crippen LogP contribution < -0.4 is 10.1 Å². The quantitative estimate of drug-likeness (QED) is 0.564. The third kappa shape index (κ3) is 5.38. The van der Waals surface area contributed by atoms with Gasteiger partial charge >= 0.3 is 0 Å². The van der Waals surface area contributed by atoms with Crippen molar-refractivity contribution in [3.05, 3.63) is 65.7 Å². The van der Waals surface area contributed by atoms with Crippen LogP contribution in [-0.2, 0) is 22.6 Å². The number of hydrogen-bond donors (Lipinski definition) is 2. The zero-order valence-corrected chi connectivity index (χ0v) is 18.5. The largest absolute Gasteiger partial charge is 0.481 e. The number of carbonyl (C=O) groups is 2. The van der Waals surface area contributed by atoms with Crippen molar-refractivity contribution in [1.82, 2.24) is 20.4 Å². The van der Waals surface area contributed by atoms with Crippen LogP contribution in [0, 0.1) is 6.92 Å². The molecule has 2 aromatic heterocycles. The number of β-amino-alcohol motifs (C(OH)–C–C–N with tert-alkyl or cyclic N) is 1. The first kappa shape index (κ1) is 22.5. The highest BCUT2D eigenvalue weighted by Crippen LogP contribution is 2.22. The van der Waals surface area contributed by atoms with Crippen LogP contribution in [0.2, 0.25) is 0 Å². The Balaban J connectivity index is 1.35. The van der Waals surface area contributed by atoms with E-state index in [1.54, 1.807) is 32.4 Å². The highest BCUT2D eigenvalue weighted by Gasteiger charge is 2.38. The molecule has 1 saturated heterocycles. The Labute approximate surface area is 191 Å². The lowest BCUT2D eigenvalue weighted by Gasteiger charge is -2.23. The van der Waals surface area contributed by atoms with Crippen LogP contribution in [0.15, 0.2) is 53.2 Å². The second-order valence-corrected chi connectivity index (χ2v) is 8.07. The monoisotopic (exact) mass is 450 g/mol. The molecule has 9 nitrogen and oxygen atoms in total. The summed E-state index contributed by atoms with van der Waals surface area (Å²) < 4.78 is 10.2. The molecule has 0 radical (unpaired) electrons. The predicted octanol–water partition coefficient (Wildman–Crippen LogP) is 1.87. The Kier molecular flexibility index (Phi) is 6.69. The lowest BCUT2D eigenvalue weighted by atomic mass is 10.1. The second-order valence-electron chi connectivity index (χ2n) is 8.07. The van der Waals surface area contributed by atoms with Crippen molar-refractivity contribution in [1.29, 1.82) is 0 Å². The lowest BCUT2D eigenvalue weighted by molar-refractivity contribution is -0.138. The maximum atomic E-state index is 12.8. The smallest absolute Gasteiger partial charge is 0.243 e. The molecule has 0 unspecified atom stereocenters.